The van der Waals surface area contributed by atoms with E-state index in [1.807, 2.05) is 12.1 Å². The average Bonchev–Trinajstić information content (AvgIpc) is 3.26. The normalized spacial score (nSPS) is 14.8. The largest absolute Gasteiger partial charge is 0.490 e. The van der Waals surface area contributed by atoms with Gasteiger partial charge in [0.25, 0.3) is 0 Å². The summed E-state index contributed by atoms with van der Waals surface area (Å²) in [5, 5.41) is 4.60. The van der Waals surface area contributed by atoms with E-state index in [1.165, 1.54) is 12.8 Å². The minimum absolute atomic E-state index is 0.561. The molecule has 1 saturated carbocycles. The highest BCUT2D eigenvalue weighted by Gasteiger charge is 2.23. The molecule has 1 N–H and O–H groups in total. The first kappa shape index (κ1) is 14.4. The van der Waals surface area contributed by atoms with E-state index in [4.69, 9.17) is 13.9 Å². The Labute approximate surface area is 125 Å². The molecule has 0 spiro atoms. The highest BCUT2D eigenvalue weighted by Crippen LogP contribution is 2.34. The zero-order valence-electron chi connectivity index (χ0n) is 12.8. The third kappa shape index (κ3) is 3.22. The first-order valence-corrected chi connectivity index (χ1v) is 7.71. The second-order valence-electron chi connectivity index (χ2n) is 5.57. The Bertz CT molecular complexity index is 601. The van der Waals surface area contributed by atoms with Crippen molar-refractivity contribution in [3.63, 3.8) is 0 Å². The molecule has 0 amide bonds. The van der Waals surface area contributed by atoms with Crippen molar-refractivity contribution in [3.8, 4) is 5.75 Å². The number of nitrogens with one attached hydrogen (secondary N) is 1. The molecule has 1 fully saturated rings. The summed E-state index contributed by atoms with van der Waals surface area (Å²) >= 11 is 0. The van der Waals surface area contributed by atoms with Crippen LogP contribution in [0.1, 0.15) is 37.5 Å². The highest BCUT2D eigenvalue weighted by atomic mass is 16.5. The van der Waals surface area contributed by atoms with Crippen molar-refractivity contribution in [1.82, 2.24) is 5.32 Å². The maximum Gasteiger partial charge on any atom is 0.176 e. The van der Waals surface area contributed by atoms with Crippen molar-refractivity contribution >= 4 is 11.0 Å². The lowest BCUT2D eigenvalue weighted by Crippen LogP contribution is -2.15. The minimum atomic E-state index is 0.561. The molecule has 0 aliphatic heterocycles. The van der Waals surface area contributed by atoms with Gasteiger partial charge in [0.15, 0.2) is 11.3 Å². The second-order valence-corrected chi connectivity index (χ2v) is 5.57. The molecule has 4 nitrogen and oxygen atoms in total. The van der Waals surface area contributed by atoms with Crippen LogP contribution < -0.4 is 10.1 Å². The van der Waals surface area contributed by atoms with Gasteiger partial charge in [-0.15, -0.1) is 0 Å². The van der Waals surface area contributed by atoms with Gasteiger partial charge in [-0.2, -0.15) is 0 Å². The number of fused-ring (bicyclic) bond motifs is 1. The molecule has 1 aliphatic rings. The van der Waals surface area contributed by atoms with Gasteiger partial charge in [0.05, 0.1) is 19.8 Å². The summed E-state index contributed by atoms with van der Waals surface area (Å²) in [7, 11) is 1.72. The van der Waals surface area contributed by atoms with Gasteiger partial charge in [-0.05, 0) is 25.3 Å². The van der Waals surface area contributed by atoms with E-state index in [1.54, 1.807) is 7.11 Å². The van der Waals surface area contributed by atoms with Crippen LogP contribution in [0.15, 0.2) is 22.6 Å². The van der Waals surface area contributed by atoms with Crippen LogP contribution in [0.25, 0.3) is 11.0 Å². The fourth-order valence-corrected chi connectivity index (χ4v) is 2.49. The number of rotatable bonds is 8. The van der Waals surface area contributed by atoms with E-state index in [-0.39, 0.29) is 0 Å². The maximum absolute atomic E-state index is 6.09. The van der Waals surface area contributed by atoms with Crippen LogP contribution in [-0.2, 0) is 17.9 Å². The lowest BCUT2D eigenvalue weighted by Gasteiger charge is -2.04. The maximum atomic E-state index is 6.09. The van der Waals surface area contributed by atoms with Gasteiger partial charge >= 0.3 is 0 Å². The Morgan fingerprint density at radius 1 is 1.33 bits per heavy atom. The predicted molar refractivity (Wildman–Crippen MR) is 82.6 cm³/mol. The fraction of sp³-hybridized carbons (Fsp3) is 0.529. The number of benzene rings is 1. The summed E-state index contributed by atoms with van der Waals surface area (Å²) in [5.74, 6) is 1.79. The molecule has 0 bridgehead atoms. The molecule has 1 aromatic heterocycles. The average molecular weight is 289 g/mol. The van der Waals surface area contributed by atoms with E-state index >= 15 is 0 Å². The third-order valence-electron chi connectivity index (χ3n) is 3.74. The Balaban J connectivity index is 1.93. The van der Waals surface area contributed by atoms with Crippen LogP contribution in [0.4, 0.5) is 0 Å². The van der Waals surface area contributed by atoms with Crippen LogP contribution in [0.3, 0.4) is 0 Å². The molecule has 114 valence electrons. The second kappa shape index (κ2) is 6.50. The van der Waals surface area contributed by atoms with Crippen molar-refractivity contribution in [2.75, 3.05) is 13.7 Å². The molecule has 1 aromatic carbocycles. The van der Waals surface area contributed by atoms with E-state index in [2.05, 4.69) is 18.3 Å². The van der Waals surface area contributed by atoms with Gasteiger partial charge < -0.3 is 19.2 Å². The molecule has 0 atom stereocenters. The van der Waals surface area contributed by atoms with Crippen molar-refractivity contribution < 1.29 is 13.9 Å². The molecular weight excluding hydrogens is 266 g/mol. The molecule has 1 aliphatic carbocycles. The number of para-hydroxylation sites is 1. The van der Waals surface area contributed by atoms with Crippen molar-refractivity contribution in [2.45, 2.75) is 45.4 Å². The number of methoxy groups -OCH3 is 1. The van der Waals surface area contributed by atoms with Crippen LogP contribution in [-0.4, -0.2) is 19.8 Å². The lowest BCUT2D eigenvalue weighted by molar-refractivity contribution is 0.183. The summed E-state index contributed by atoms with van der Waals surface area (Å²) in [6.45, 7) is 4.12. The third-order valence-corrected chi connectivity index (χ3v) is 3.74. The predicted octanol–water partition coefficient (Wildman–Crippen LogP) is 3.62. The SMILES string of the molecule is CCCOc1cccc2c(COC)c(CNC3CC3)oc12. The summed E-state index contributed by atoms with van der Waals surface area (Å²) < 4.78 is 17.2. The van der Waals surface area contributed by atoms with Crippen molar-refractivity contribution in [3.05, 3.63) is 29.5 Å². The van der Waals surface area contributed by atoms with Gasteiger partial charge in [0.2, 0.25) is 0 Å². The summed E-state index contributed by atoms with van der Waals surface area (Å²) in [4.78, 5) is 0. The number of hydrogen-bond donors (Lipinski definition) is 1. The van der Waals surface area contributed by atoms with Crippen LogP contribution in [0, 0.1) is 0 Å². The van der Waals surface area contributed by atoms with Gasteiger partial charge in [-0.25, -0.2) is 0 Å². The molecule has 0 radical (unpaired) electrons. The van der Waals surface area contributed by atoms with Gasteiger partial charge in [-0.3, -0.25) is 0 Å². The smallest absolute Gasteiger partial charge is 0.176 e. The molecule has 4 heteroatoms. The number of furan rings is 1. The number of ether oxygens (including phenoxy) is 2. The van der Waals surface area contributed by atoms with E-state index in [9.17, 15) is 0 Å². The lowest BCUT2D eigenvalue weighted by atomic mass is 10.1. The quantitative estimate of drug-likeness (QED) is 0.806. The summed E-state index contributed by atoms with van der Waals surface area (Å²) in [6.07, 6.45) is 3.52. The monoisotopic (exact) mass is 289 g/mol. The van der Waals surface area contributed by atoms with Crippen LogP contribution in [0.2, 0.25) is 0 Å². The molecular formula is C17H23NO3. The first-order chi connectivity index (χ1) is 10.3. The first-order valence-electron chi connectivity index (χ1n) is 7.71. The van der Waals surface area contributed by atoms with Crippen LogP contribution >= 0.6 is 0 Å². The van der Waals surface area contributed by atoms with Crippen LogP contribution in [0.5, 0.6) is 5.75 Å². The van der Waals surface area contributed by atoms with Crippen molar-refractivity contribution in [2.24, 2.45) is 0 Å². The van der Waals surface area contributed by atoms with E-state index in [0.717, 1.165) is 41.0 Å². The molecule has 0 saturated heterocycles. The molecule has 0 unspecified atom stereocenters. The molecule has 3 rings (SSSR count). The van der Waals surface area contributed by atoms with Crippen molar-refractivity contribution in [1.29, 1.82) is 0 Å². The topological polar surface area (TPSA) is 43.6 Å². The molecule has 21 heavy (non-hydrogen) atoms. The Morgan fingerprint density at radius 2 is 2.19 bits per heavy atom. The van der Waals surface area contributed by atoms with Gasteiger partial charge in [-0.1, -0.05) is 19.1 Å². The molecule has 1 heterocycles. The zero-order valence-corrected chi connectivity index (χ0v) is 12.8. The Hall–Kier alpha value is -1.52. The van der Waals surface area contributed by atoms with E-state index < -0.39 is 0 Å². The fourth-order valence-electron chi connectivity index (χ4n) is 2.49. The van der Waals surface area contributed by atoms with E-state index in [0.29, 0.717) is 19.3 Å². The summed E-state index contributed by atoms with van der Waals surface area (Å²) in [6, 6.07) is 6.72. The Kier molecular flexibility index (Phi) is 4.46. The summed E-state index contributed by atoms with van der Waals surface area (Å²) in [5.41, 5.74) is 1.97. The standard InChI is InChI=1S/C17H23NO3/c1-3-9-20-15-6-4-5-13-14(11-19-2)16(21-17(13)15)10-18-12-7-8-12/h4-6,12,18H,3,7-11H2,1-2H3. The van der Waals surface area contributed by atoms with Gasteiger partial charge in [0, 0.05) is 24.1 Å². The molecule has 2 aromatic rings. The number of hydrogen-bond acceptors (Lipinski definition) is 4. The van der Waals surface area contributed by atoms with Gasteiger partial charge in [0.1, 0.15) is 5.76 Å². The zero-order chi connectivity index (χ0) is 14.7. The minimum Gasteiger partial charge on any atom is -0.490 e. The highest BCUT2D eigenvalue weighted by molar-refractivity contribution is 5.87. The Morgan fingerprint density at radius 3 is 2.90 bits per heavy atom.